The first-order valence-corrected chi connectivity index (χ1v) is 4.78. The number of H-pyrrole nitrogens is 1. The molecule has 2 aromatic rings. The van der Waals surface area contributed by atoms with Crippen molar-refractivity contribution < 1.29 is 4.98 Å². The monoisotopic (exact) mass is 214 g/mol. The molecule has 0 aliphatic heterocycles. The van der Waals surface area contributed by atoms with Crippen molar-refractivity contribution in [2.24, 2.45) is 21.7 Å². The second-order valence-corrected chi connectivity index (χ2v) is 3.29. The molecule has 0 saturated carbocycles. The van der Waals surface area contributed by atoms with E-state index in [9.17, 15) is 0 Å². The highest BCUT2D eigenvalue weighted by Crippen LogP contribution is 2.08. The van der Waals surface area contributed by atoms with Gasteiger partial charge >= 0.3 is 0 Å². The van der Waals surface area contributed by atoms with E-state index in [0.29, 0.717) is 0 Å². The molecule has 80 valence electrons. The van der Waals surface area contributed by atoms with Crippen molar-refractivity contribution in [2.45, 2.75) is 0 Å². The highest BCUT2D eigenvalue weighted by atomic mass is 15.3. The lowest BCUT2D eigenvalue weighted by Crippen LogP contribution is -2.21. The third-order valence-corrected chi connectivity index (χ3v) is 2.06. The first-order valence-electron chi connectivity index (χ1n) is 4.78. The molecule has 5 N–H and O–H groups in total. The smallest absolute Gasteiger partial charge is 0.211 e. The SMILES string of the molecule is NC(N)=N/N=C/c1c[nH+]c2ccccc2c1. The van der Waals surface area contributed by atoms with Crippen LogP contribution in [0.5, 0.6) is 0 Å². The molecule has 0 unspecified atom stereocenters. The minimum atomic E-state index is -0.0546. The Labute approximate surface area is 92.5 Å². The Morgan fingerprint density at radius 1 is 1.25 bits per heavy atom. The van der Waals surface area contributed by atoms with Gasteiger partial charge in [-0.15, -0.1) is 5.10 Å². The van der Waals surface area contributed by atoms with Crippen LogP contribution in [0.15, 0.2) is 46.7 Å². The molecule has 0 fully saturated rings. The molecule has 0 aliphatic carbocycles. The van der Waals surface area contributed by atoms with Crippen molar-refractivity contribution in [2.75, 3.05) is 0 Å². The van der Waals surface area contributed by atoms with Crippen LogP contribution < -0.4 is 16.5 Å². The van der Waals surface area contributed by atoms with E-state index >= 15 is 0 Å². The highest BCUT2D eigenvalue weighted by Gasteiger charge is 1.99. The highest BCUT2D eigenvalue weighted by molar-refractivity contribution is 5.86. The van der Waals surface area contributed by atoms with Crippen molar-refractivity contribution in [1.29, 1.82) is 0 Å². The average molecular weight is 214 g/mol. The van der Waals surface area contributed by atoms with Gasteiger partial charge in [0.15, 0.2) is 6.20 Å². The Balaban J connectivity index is 2.33. The third kappa shape index (κ3) is 2.33. The third-order valence-electron chi connectivity index (χ3n) is 2.06. The summed E-state index contributed by atoms with van der Waals surface area (Å²) in [4.78, 5) is 3.16. The van der Waals surface area contributed by atoms with E-state index in [1.54, 1.807) is 6.21 Å². The minimum Gasteiger partial charge on any atom is -0.369 e. The number of aromatic nitrogens is 1. The van der Waals surface area contributed by atoms with Gasteiger partial charge in [-0.2, -0.15) is 5.10 Å². The zero-order chi connectivity index (χ0) is 11.4. The number of nitrogens with one attached hydrogen (secondary N) is 1. The average Bonchev–Trinajstić information content (AvgIpc) is 2.28. The number of guanidine groups is 1. The molecule has 1 heterocycles. The van der Waals surface area contributed by atoms with Crippen LogP contribution in [0.1, 0.15) is 5.56 Å². The van der Waals surface area contributed by atoms with E-state index in [-0.39, 0.29) is 5.96 Å². The van der Waals surface area contributed by atoms with Gasteiger partial charge in [-0.1, -0.05) is 12.1 Å². The van der Waals surface area contributed by atoms with Crippen molar-refractivity contribution in [3.05, 3.63) is 42.1 Å². The zero-order valence-electron chi connectivity index (χ0n) is 8.59. The van der Waals surface area contributed by atoms with E-state index in [0.717, 1.165) is 16.5 Å². The molecule has 5 nitrogen and oxygen atoms in total. The molecule has 0 aliphatic rings. The molecular weight excluding hydrogens is 202 g/mol. The largest absolute Gasteiger partial charge is 0.369 e. The first-order chi connectivity index (χ1) is 7.75. The Bertz CT molecular complexity index is 555. The Morgan fingerprint density at radius 2 is 2.06 bits per heavy atom. The summed E-state index contributed by atoms with van der Waals surface area (Å²) < 4.78 is 0. The van der Waals surface area contributed by atoms with Crippen LogP contribution >= 0.6 is 0 Å². The number of aromatic amines is 1. The van der Waals surface area contributed by atoms with E-state index in [4.69, 9.17) is 11.5 Å². The predicted octanol–water partition coefficient (Wildman–Crippen LogP) is 0.261. The molecule has 1 aromatic heterocycles. The molecule has 0 radical (unpaired) electrons. The number of nitrogens with zero attached hydrogens (tertiary/aromatic N) is 2. The maximum Gasteiger partial charge on any atom is 0.211 e. The lowest BCUT2D eigenvalue weighted by atomic mass is 10.2. The van der Waals surface area contributed by atoms with Crippen molar-refractivity contribution in [3.63, 3.8) is 0 Å². The second kappa shape index (κ2) is 4.39. The summed E-state index contributed by atoms with van der Waals surface area (Å²) >= 11 is 0. The Morgan fingerprint density at radius 3 is 2.88 bits per heavy atom. The van der Waals surface area contributed by atoms with Gasteiger partial charge in [-0.25, -0.2) is 4.98 Å². The van der Waals surface area contributed by atoms with Crippen molar-refractivity contribution in [1.82, 2.24) is 0 Å². The second-order valence-electron chi connectivity index (χ2n) is 3.29. The maximum absolute atomic E-state index is 5.15. The van der Waals surface area contributed by atoms with Crippen molar-refractivity contribution >= 4 is 23.1 Å². The van der Waals surface area contributed by atoms with E-state index < -0.39 is 0 Å². The van der Waals surface area contributed by atoms with Crippen LogP contribution in [-0.4, -0.2) is 12.2 Å². The molecule has 0 amide bonds. The normalized spacial score (nSPS) is 10.8. The minimum absolute atomic E-state index is 0.0546. The van der Waals surface area contributed by atoms with E-state index in [1.807, 2.05) is 36.5 Å². The number of benzene rings is 1. The van der Waals surface area contributed by atoms with Crippen LogP contribution in [0.4, 0.5) is 0 Å². The van der Waals surface area contributed by atoms with Crippen LogP contribution in [0.2, 0.25) is 0 Å². The van der Waals surface area contributed by atoms with Gasteiger partial charge < -0.3 is 11.5 Å². The van der Waals surface area contributed by atoms with Crippen LogP contribution in [0.3, 0.4) is 0 Å². The van der Waals surface area contributed by atoms with E-state index in [2.05, 4.69) is 15.2 Å². The van der Waals surface area contributed by atoms with Crippen molar-refractivity contribution in [3.8, 4) is 0 Å². The molecule has 2 rings (SSSR count). The summed E-state index contributed by atoms with van der Waals surface area (Å²) in [6.45, 7) is 0. The zero-order valence-corrected chi connectivity index (χ0v) is 8.59. The van der Waals surface area contributed by atoms with Crippen LogP contribution in [-0.2, 0) is 0 Å². The van der Waals surface area contributed by atoms with Gasteiger partial charge in [0.1, 0.15) is 0 Å². The number of pyridine rings is 1. The summed E-state index contributed by atoms with van der Waals surface area (Å²) in [6.07, 6.45) is 3.43. The number of nitrogens with two attached hydrogens (primary N) is 2. The maximum atomic E-state index is 5.15. The van der Waals surface area contributed by atoms with Gasteiger partial charge in [0, 0.05) is 11.5 Å². The molecule has 0 bridgehead atoms. The fraction of sp³-hybridized carbons (Fsp3) is 0. The fourth-order valence-corrected chi connectivity index (χ4v) is 1.37. The molecule has 1 aromatic carbocycles. The lowest BCUT2D eigenvalue weighted by molar-refractivity contribution is -0.344. The summed E-state index contributed by atoms with van der Waals surface area (Å²) in [6, 6.07) is 9.98. The predicted molar refractivity (Wildman–Crippen MR) is 63.9 cm³/mol. The quantitative estimate of drug-likeness (QED) is 0.426. The van der Waals surface area contributed by atoms with Gasteiger partial charge in [0.2, 0.25) is 11.5 Å². The van der Waals surface area contributed by atoms with Crippen LogP contribution in [0.25, 0.3) is 10.9 Å². The number of hydrogen-bond donors (Lipinski definition) is 2. The summed E-state index contributed by atoms with van der Waals surface area (Å²) in [5.41, 5.74) is 12.3. The molecule has 0 saturated heterocycles. The molecule has 16 heavy (non-hydrogen) atoms. The summed E-state index contributed by atoms with van der Waals surface area (Å²) in [7, 11) is 0. The van der Waals surface area contributed by atoms with Gasteiger partial charge in [0.25, 0.3) is 0 Å². The number of rotatable bonds is 2. The molecule has 0 atom stereocenters. The standard InChI is InChI=1S/C11H11N5/c12-11(13)16-15-7-8-5-9-3-1-2-4-10(9)14-6-8/h1-7H,(H4,12,13,16)/p+1/b15-7+. The number of fused-ring (bicyclic) bond motifs is 1. The van der Waals surface area contributed by atoms with Gasteiger partial charge in [-0.3, -0.25) is 0 Å². The molecule has 5 heteroatoms. The molecule has 0 spiro atoms. The van der Waals surface area contributed by atoms with Crippen LogP contribution in [0, 0.1) is 0 Å². The molecular formula is C11H12N5+. The Kier molecular flexibility index (Phi) is 2.77. The summed E-state index contributed by atoms with van der Waals surface area (Å²) in [5.74, 6) is -0.0546. The topological polar surface area (TPSA) is 90.9 Å². The van der Waals surface area contributed by atoms with Gasteiger partial charge in [0.05, 0.1) is 11.8 Å². The number of hydrogen-bond acceptors (Lipinski definition) is 2. The lowest BCUT2D eigenvalue weighted by Gasteiger charge is -1.91. The number of para-hydroxylation sites is 1. The summed E-state index contributed by atoms with van der Waals surface area (Å²) in [5, 5.41) is 8.38. The fourth-order valence-electron chi connectivity index (χ4n) is 1.37. The van der Waals surface area contributed by atoms with Gasteiger partial charge in [-0.05, 0) is 12.1 Å². The Hall–Kier alpha value is -2.43. The van der Waals surface area contributed by atoms with E-state index in [1.165, 1.54) is 0 Å². The first kappa shape index (κ1) is 10.1.